The van der Waals surface area contributed by atoms with Crippen LogP contribution in [0.4, 0.5) is 15.3 Å². The van der Waals surface area contributed by atoms with E-state index in [1.165, 1.54) is 6.07 Å². The van der Waals surface area contributed by atoms with Crippen molar-refractivity contribution in [1.29, 1.82) is 0 Å². The molecule has 3 aromatic rings. The summed E-state index contributed by atoms with van der Waals surface area (Å²) in [5, 5.41) is 5.88. The third-order valence-corrected chi connectivity index (χ3v) is 15.9. The number of carbonyl (C=O) groups excluding carboxylic acids is 2. The van der Waals surface area contributed by atoms with E-state index in [1.807, 2.05) is 56.6 Å². The van der Waals surface area contributed by atoms with Crippen LogP contribution in [0.3, 0.4) is 0 Å². The Morgan fingerprint density at radius 2 is 1.62 bits per heavy atom. The molecular weight excluding hydrogens is 781 g/mol. The molecule has 58 heavy (non-hydrogen) atoms. The first-order valence-electron chi connectivity index (χ1n) is 20.4. The maximum atomic E-state index is 14.0. The zero-order valence-corrected chi connectivity index (χ0v) is 38.4. The van der Waals surface area contributed by atoms with Crippen LogP contribution in [0.2, 0.25) is 18.1 Å². The number of fused-ring (bicyclic) bond motifs is 1. The molecule has 4 rings (SSSR count). The van der Waals surface area contributed by atoms with Crippen molar-refractivity contribution < 1.29 is 46.1 Å². The molecule has 2 unspecified atom stereocenters. The Morgan fingerprint density at radius 1 is 0.966 bits per heavy atom. The molecule has 1 fully saturated rings. The number of sulfonamides is 1. The molecular formula is C42H66N4O10SSi. The van der Waals surface area contributed by atoms with Crippen LogP contribution in [0.5, 0.6) is 5.75 Å². The van der Waals surface area contributed by atoms with Gasteiger partial charge in [-0.25, -0.2) is 22.7 Å². The summed E-state index contributed by atoms with van der Waals surface area (Å²) in [5.41, 5.74) is 0.669. The topological polar surface area (TPSA) is 148 Å². The average Bonchev–Trinajstić information content (AvgIpc) is 3.53. The number of amides is 2. The fourth-order valence-corrected chi connectivity index (χ4v) is 10.6. The monoisotopic (exact) mass is 846 g/mol. The van der Waals surface area contributed by atoms with Gasteiger partial charge in [-0.05, 0) is 116 Å². The average molecular weight is 847 g/mol. The standard InChI is InChI=1S/C42H66N4O10SSi/c1-13-58(14-2,15-3)56-36(31-19-18-20-32(27-31)46(57(12,49)50)40(48)55-42(8,9)10)29-44(39(47)54-41(5,6)7)24-26-52-33-22-23-34-35(28-33)45(37-21-16-17-25-53-37)43-38(34)30(4)51-11/h18-20,22-23,27-28,30,36-37H,13-17,21,24-26,29H2,1-12H3/t30?,36-,37?/m0/s1. The lowest BCUT2D eigenvalue weighted by molar-refractivity contribution is -0.0374. The van der Waals surface area contributed by atoms with Crippen LogP contribution >= 0.6 is 0 Å². The largest absolute Gasteiger partial charge is 0.492 e. The summed E-state index contributed by atoms with van der Waals surface area (Å²) in [6.45, 7) is 19.8. The summed E-state index contributed by atoms with van der Waals surface area (Å²) in [7, 11) is -4.78. The molecule has 0 N–H and O–H groups in total. The van der Waals surface area contributed by atoms with Gasteiger partial charge in [-0.15, -0.1) is 0 Å². The summed E-state index contributed by atoms with van der Waals surface area (Å²) in [5.74, 6) is 0.600. The molecule has 0 aliphatic carbocycles. The Kier molecular flexibility index (Phi) is 15.9. The van der Waals surface area contributed by atoms with E-state index in [9.17, 15) is 18.0 Å². The van der Waals surface area contributed by atoms with Crippen LogP contribution in [0.25, 0.3) is 10.9 Å². The van der Waals surface area contributed by atoms with Crippen molar-refractivity contribution >= 4 is 47.1 Å². The number of hydrogen-bond acceptors (Lipinski definition) is 11. The summed E-state index contributed by atoms with van der Waals surface area (Å²) >= 11 is 0. The molecule has 1 aliphatic heterocycles. The zero-order chi connectivity index (χ0) is 43.1. The quantitative estimate of drug-likeness (QED) is 0.120. The second kappa shape index (κ2) is 19.6. The summed E-state index contributed by atoms with van der Waals surface area (Å²) in [6.07, 6.45) is 1.19. The van der Waals surface area contributed by atoms with Gasteiger partial charge in [-0.1, -0.05) is 32.9 Å². The third kappa shape index (κ3) is 12.4. The molecule has 1 aliphatic rings. The maximum absolute atomic E-state index is 14.0. The molecule has 1 aromatic heterocycles. The van der Waals surface area contributed by atoms with Gasteiger partial charge in [0.15, 0.2) is 14.5 Å². The van der Waals surface area contributed by atoms with Gasteiger partial charge in [0.2, 0.25) is 10.0 Å². The van der Waals surface area contributed by atoms with Gasteiger partial charge in [0, 0.05) is 25.2 Å². The molecule has 3 atom stereocenters. The van der Waals surface area contributed by atoms with E-state index < -0.39 is 47.8 Å². The van der Waals surface area contributed by atoms with Crippen LogP contribution in [-0.2, 0) is 33.4 Å². The number of nitrogens with zero attached hydrogens (tertiary/aromatic N) is 4. The summed E-state index contributed by atoms with van der Waals surface area (Å²) in [6, 6.07) is 15.0. The van der Waals surface area contributed by atoms with E-state index in [1.54, 1.807) is 44.9 Å². The molecule has 324 valence electrons. The fourth-order valence-electron chi connectivity index (χ4n) is 6.94. The van der Waals surface area contributed by atoms with E-state index in [0.717, 1.165) is 60.2 Å². The minimum atomic E-state index is -4.10. The van der Waals surface area contributed by atoms with Crippen LogP contribution in [0, 0.1) is 0 Å². The summed E-state index contributed by atoms with van der Waals surface area (Å²) in [4.78, 5) is 28.9. The van der Waals surface area contributed by atoms with Crippen molar-refractivity contribution in [3.05, 3.63) is 53.7 Å². The molecule has 1 saturated heterocycles. The van der Waals surface area contributed by atoms with E-state index >= 15 is 0 Å². The summed E-state index contributed by atoms with van der Waals surface area (Å²) < 4.78 is 65.3. The predicted octanol–water partition coefficient (Wildman–Crippen LogP) is 9.52. The molecule has 2 heterocycles. The highest BCUT2D eigenvalue weighted by Gasteiger charge is 2.36. The molecule has 0 bridgehead atoms. The lowest BCUT2D eigenvalue weighted by Gasteiger charge is -2.37. The van der Waals surface area contributed by atoms with E-state index in [0.29, 0.717) is 22.2 Å². The smallest absolute Gasteiger partial charge is 0.428 e. The lowest BCUT2D eigenvalue weighted by Crippen LogP contribution is -2.45. The van der Waals surface area contributed by atoms with Crippen molar-refractivity contribution in [3.63, 3.8) is 0 Å². The van der Waals surface area contributed by atoms with Crippen molar-refractivity contribution in [2.45, 2.75) is 136 Å². The number of benzene rings is 2. The zero-order valence-electron chi connectivity index (χ0n) is 36.6. The third-order valence-electron chi connectivity index (χ3n) is 10.2. The molecule has 16 heteroatoms. The van der Waals surface area contributed by atoms with Gasteiger partial charge in [0.25, 0.3) is 0 Å². The van der Waals surface area contributed by atoms with Crippen molar-refractivity contribution in [1.82, 2.24) is 14.7 Å². The highest BCUT2D eigenvalue weighted by Crippen LogP contribution is 2.35. The second-order valence-corrected chi connectivity index (χ2v) is 23.5. The SMILES string of the molecule is CC[Si](CC)(CC)O[C@@H](CN(CCOc1ccc2c(C(C)OC)nn(C3CCCCO3)c2c1)C(=O)OC(C)(C)C)c1cccc(N(C(=O)OC(C)(C)C)S(C)(=O)=O)c1. The Bertz CT molecular complexity index is 1940. The molecule has 0 spiro atoms. The minimum absolute atomic E-state index is 0.0743. The Morgan fingerprint density at radius 3 is 2.19 bits per heavy atom. The van der Waals surface area contributed by atoms with Crippen molar-refractivity contribution in [2.75, 3.05) is 44.0 Å². The first-order chi connectivity index (χ1) is 27.1. The second-order valence-electron chi connectivity index (χ2n) is 16.9. The first kappa shape index (κ1) is 47.0. The first-order valence-corrected chi connectivity index (χ1v) is 24.8. The van der Waals surface area contributed by atoms with E-state index in [-0.39, 0.29) is 37.7 Å². The van der Waals surface area contributed by atoms with Crippen molar-refractivity contribution in [3.8, 4) is 5.75 Å². The predicted molar refractivity (Wildman–Crippen MR) is 228 cm³/mol. The number of hydrogen-bond donors (Lipinski definition) is 0. The number of aromatic nitrogens is 2. The van der Waals surface area contributed by atoms with Gasteiger partial charge >= 0.3 is 12.2 Å². The molecule has 14 nitrogen and oxygen atoms in total. The number of methoxy groups -OCH3 is 1. The number of ether oxygens (including phenoxy) is 5. The van der Waals surface area contributed by atoms with Gasteiger partial charge in [-0.3, -0.25) is 0 Å². The molecule has 2 amide bonds. The van der Waals surface area contributed by atoms with Gasteiger partial charge in [0.05, 0.1) is 48.5 Å². The lowest BCUT2D eigenvalue weighted by atomic mass is 10.1. The normalized spacial score (nSPS) is 16.4. The van der Waals surface area contributed by atoms with Crippen LogP contribution in [-0.4, -0.2) is 94.5 Å². The van der Waals surface area contributed by atoms with E-state index in [2.05, 4.69) is 20.8 Å². The van der Waals surface area contributed by atoms with Crippen LogP contribution in [0.15, 0.2) is 42.5 Å². The van der Waals surface area contributed by atoms with Crippen LogP contribution < -0.4 is 9.04 Å². The molecule has 0 radical (unpaired) electrons. The molecule has 2 aromatic carbocycles. The van der Waals surface area contributed by atoms with Gasteiger partial charge < -0.3 is 33.0 Å². The number of carbonyl (C=O) groups is 2. The Balaban J connectivity index is 1.70. The maximum Gasteiger partial charge on any atom is 0.428 e. The Labute approximate surface area is 346 Å². The van der Waals surface area contributed by atoms with Crippen molar-refractivity contribution in [2.24, 2.45) is 0 Å². The van der Waals surface area contributed by atoms with Gasteiger partial charge in [0.1, 0.15) is 23.6 Å². The molecule has 0 saturated carbocycles. The van der Waals surface area contributed by atoms with Crippen LogP contribution in [0.1, 0.15) is 118 Å². The highest BCUT2D eigenvalue weighted by atomic mass is 32.2. The minimum Gasteiger partial charge on any atom is -0.492 e. The number of anilines is 1. The van der Waals surface area contributed by atoms with Gasteiger partial charge in [-0.2, -0.15) is 9.40 Å². The fraction of sp³-hybridized carbons (Fsp3) is 0.643. The van der Waals surface area contributed by atoms with E-state index in [4.69, 9.17) is 33.2 Å². The number of rotatable bonds is 17. The Hall–Kier alpha value is -3.70. The highest BCUT2D eigenvalue weighted by molar-refractivity contribution is 7.92.